The van der Waals surface area contributed by atoms with Gasteiger partial charge in [0.25, 0.3) is 0 Å². The molecule has 2 aliphatic heterocycles. The molecule has 2 nitrogen and oxygen atoms in total. The van der Waals surface area contributed by atoms with Crippen molar-refractivity contribution in [3.8, 4) is 0 Å². The Morgan fingerprint density at radius 2 is 1.95 bits per heavy atom. The van der Waals surface area contributed by atoms with Crippen LogP contribution in [0.15, 0.2) is 30.3 Å². The molecule has 2 heterocycles. The van der Waals surface area contributed by atoms with Gasteiger partial charge in [-0.2, -0.15) is 11.8 Å². The Balaban J connectivity index is 1.83. The predicted octanol–water partition coefficient (Wildman–Crippen LogP) is 3.70. The number of rotatable bonds is 3. The lowest BCUT2D eigenvalue weighted by atomic mass is 9.89. The molecule has 2 unspecified atom stereocenters. The third-order valence-corrected chi connectivity index (χ3v) is 6.33. The van der Waals surface area contributed by atoms with E-state index < -0.39 is 0 Å². The number of hydrogen-bond donors (Lipinski definition) is 1. The van der Waals surface area contributed by atoms with Gasteiger partial charge in [-0.15, -0.1) is 0 Å². The van der Waals surface area contributed by atoms with Gasteiger partial charge in [0, 0.05) is 30.7 Å². The van der Waals surface area contributed by atoms with Crippen LogP contribution < -0.4 is 5.32 Å². The van der Waals surface area contributed by atoms with Gasteiger partial charge in [-0.3, -0.25) is 4.90 Å². The smallest absolute Gasteiger partial charge is 0.0476 e. The molecule has 1 N–H and O–H groups in total. The summed E-state index contributed by atoms with van der Waals surface area (Å²) < 4.78 is 0. The van der Waals surface area contributed by atoms with Crippen LogP contribution in [0, 0.1) is 0 Å². The van der Waals surface area contributed by atoms with E-state index in [-0.39, 0.29) is 5.54 Å². The average molecular weight is 305 g/mol. The fourth-order valence-corrected chi connectivity index (χ4v) is 4.73. The number of nitrogens with zero attached hydrogens (tertiary/aromatic N) is 1. The fourth-order valence-electron chi connectivity index (χ4n) is 3.65. The Morgan fingerprint density at radius 1 is 1.24 bits per heavy atom. The molecule has 2 saturated heterocycles. The van der Waals surface area contributed by atoms with Gasteiger partial charge in [-0.25, -0.2) is 0 Å². The monoisotopic (exact) mass is 304 g/mol. The maximum Gasteiger partial charge on any atom is 0.0476 e. The number of piperazine rings is 1. The molecule has 0 bridgehead atoms. The molecule has 2 aliphatic rings. The summed E-state index contributed by atoms with van der Waals surface area (Å²) in [6, 6.07) is 12.4. The van der Waals surface area contributed by atoms with Crippen molar-refractivity contribution in [3.05, 3.63) is 35.9 Å². The Kier molecular flexibility index (Phi) is 4.92. The summed E-state index contributed by atoms with van der Waals surface area (Å²) in [5.41, 5.74) is 1.75. The minimum Gasteiger partial charge on any atom is -0.308 e. The SMILES string of the molecule is CCC1(C)CN(C2CCSCC2)C(c2ccccc2)CN1. The molecule has 116 valence electrons. The quantitative estimate of drug-likeness (QED) is 0.916. The van der Waals surface area contributed by atoms with Crippen LogP contribution in [0.4, 0.5) is 0 Å². The van der Waals surface area contributed by atoms with Crippen molar-refractivity contribution in [2.24, 2.45) is 0 Å². The summed E-state index contributed by atoms with van der Waals surface area (Å²) in [5, 5.41) is 3.82. The van der Waals surface area contributed by atoms with Gasteiger partial charge in [0.05, 0.1) is 0 Å². The first-order valence-corrected chi connectivity index (χ1v) is 9.51. The van der Waals surface area contributed by atoms with E-state index in [2.05, 4.69) is 66.2 Å². The van der Waals surface area contributed by atoms with Crippen molar-refractivity contribution in [2.75, 3.05) is 24.6 Å². The first kappa shape index (κ1) is 15.4. The highest BCUT2D eigenvalue weighted by Gasteiger charge is 2.38. The highest BCUT2D eigenvalue weighted by atomic mass is 32.2. The zero-order chi connectivity index (χ0) is 14.7. The van der Waals surface area contributed by atoms with E-state index in [4.69, 9.17) is 0 Å². The van der Waals surface area contributed by atoms with E-state index >= 15 is 0 Å². The largest absolute Gasteiger partial charge is 0.308 e. The summed E-state index contributed by atoms with van der Waals surface area (Å²) in [7, 11) is 0. The van der Waals surface area contributed by atoms with Crippen LogP contribution in [0.25, 0.3) is 0 Å². The second-order valence-corrected chi connectivity index (χ2v) is 7.96. The van der Waals surface area contributed by atoms with Gasteiger partial charge in [0.2, 0.25) is 0 Å². The molecule has 0 aromatic heterocycles. The van der Waals surface area contributed by atoms with Crippen LogP contribution in [-0.2, 0) is 0 Å². The molecular weight excluding hydrogens is 276 g/mol. The molecule has 1 aromatic rings. The summed E-state index contributed by atoms with van der Waals surface area (Å²) >= 11 is 2.12. The zero-order valence-electron chi connectivity index (χ0n) is 13.3. The predicted molar refractivity (Wildman–Crippen MR) is 92.9 cm³/mol. The van der Waals surface area contributed by atoms with E-state index in [1.54, 1.807) is 0 Å². The van der Waals surface area contributed by atoms with Crippen LogP contribution in [-0.4, -0.2) is 41.1 Å². The van der Waals surface area contributed by atoms with Crippen LogP contribution >= 0.6 is 11.8 Å². The van der Waals surface area contributed by atoms with Gasteiger partial charge < -0.3 is 5.32 Å². The van der Waals surface area contributed by atoms with E-state index in [1.807, 2.05) is 0 Å². The molecule has 3 rings (SSSR count). The third-order valence-electron chi connectivity index (χ3n) is 5.28. The third kappa shape index (κ3) is 3.46. The van der Waals surface area contributed by atoms with Gasteiger partial charge in [0.15, 0.2) is 0 Å². The topological polar surface area (TPSA) is 15.3 Å². The Bertz CT molecular complexity index is 444. The lowest BCUT2D eigenvalue weighted by Crippen LogP contribution is -2.62. The lowest BCUT2D eigenvalue weighted by molar-refractivity contribution is 0.0413. The Morgan fingerprint density at radius 3 is 2.62 bits per heavy atom. The molecule has 0 amide bonds. The van der Waals surface area contributed by atoms with Gasteiger partial charge in [0.1, 0.15) is 0 Å². The molecule has 21 heavy (non-hydrogen) atoms. The lowest BCUT2D eigenvalue weighted by Gasteiger charge is -2.50. The van der Waals surface area contributed by atoms with Crippen LogP contribution in [0.1, 0.15) is 44.7 Å². The Hall–Kier alpha value is -0.510. The zero-order valence-corrected chi connectivity index (χ0v) is 14.2. The molecule has 0 spiro atoms. The highest BCUT2D eigenvalue weighted by molar-refractivity contribution is 7.99. The van der Waals surface area contributed by atoms with E-state index in [9.17, 15) is 0 Å². The van der Waals surface area contributed by atoms with Crippen LogP contribution in [0.5, 0.6) is 0 Å². The highest BCUT2D eigenvalue weighted by Crippen LogP contribution is 2.34. The minimum atomic E-state index is 0.274. The van der Waals surface area contributed by atoms with Gasteiger partial charge in [-0.1, -0.05) is 37.3 Å². The second-order valence-electron chi connectivity index (χ2n) is 6.74. The molecule has 1 aromatic carbocycles. The normalized spacial score (nSPS) is 32.2. The summed E-state index contributed by atoms with van der Waals surface area (Å²) in [5.74, 6) is 2.66. The van der Waals surface area contributed by atoms with Gasteiger partial charge >= 0.3 is 0 Å². The first-order valence-electron chi connectivity index (χ1n) is 8.35. The molecule has 3 heteroatoms. The molecule has 0 radical (unpaired) electrons. The first-order chi connectivity index (χ1) is 10.2. The Labute approximate surface area is 133 Å². The summed E-state index contributed by atoms with van der Waals surface area (Å²) in [6.45, 7) is 6.96. The van der Waals surface area contributed by atoms with Crippen LogP contribution in [0.2, 0.25) is 0 Å². The maximum atomic E-state index is 3.82. The second kappa shape index (κ2) is 6.72. The van der Waals surface area contributed by atoms with E-state index in [0.29, 0.717) is 6.04 Å². The molecule has 2 fully saturated rings. The van der Waals surface area contributed by atoms with Crippen molar-refractivity contribution in [1.82, 2.24) is 10.2 Å². The number of benzene rings is 1. The van der Waals surface area contributed by atoms with E-state index in [1.165, 1.54) is 42.9 Å². The van der Waals surface area contributed by atoms with Crippen molar-refractivity contribution >= 4 is 11.8 Å². The summed E-state index contributed by atoms with van der Waals surface area (Å²) in [6.07, 6.45) is 3.91. The van der Waals surface area contributed by atoms with Crippen molar-refractivity contribution in [1.29, 1.82) is 0 Å². The number of thioether (sulfide) groups is 1. The van der Waals surface area contributed by atoms with Gasteiger partial charge in [-0.05, 0) is 43.3 Å². The summed E-state index contributed by atoms with van der Waals surface area (Å²) in [4.78, 5) is 2.81. The maximum absolute atomic E-state index is 3.82. The molecule has 0 saturated carbocycles. The van der Waals surface area contributed by atoms with Crippen molar-refractivity contribution in [2.45, 2.75) is 50.7 Å². The molecule has 2 atom stereocenters. The van der Waals surface area contributed by atoms with Crippen LogP contribution in [0.3, 0.4) is 0 Å². The van der Waals surface area contributed by atoms with Crippen molar-refractivity contribution in [3.63, 3.8) is 0 Å². The number of nitrogens with one attached hydrogen (secondary N) is 1. The molecular formula is C18H28N2S. The molecule has 0 aliphatic carbocycles. The fraction of sp³-hybridized carbons (Fsp3) is 0.667. The number of hydrogen-bond acceptors (Lipinski definition) is 3. The van der Waals surface area contributed by atoms with E-state index in [0.717, 1.165) is 12.6 Å². The average Bonchev–Trinajstić information content (AvgIpc) is 2.56. The van der Waals surface area contributed by atoms with Crippen molar-refractivity contribution < 1.29 is 0 Å². The standard InChI is InChI=1S/C18H28N2S/c1-3-18(2)14-20(16-9-11-21-12-10-16)17(13-19-18)15-7-5-4-6-8-15/h4-8,16-17,19H,3,9-14H2,1-2H3. The minimum absolute atomic E-state index is 0.274.